The first-order chi connectivity index (χ1) is 15.5. The average molecular weight is 471 g/mol. The number of anilines is 1. The van der Waals surface area contributed by atoms with Crippen LogP contribution in [0.1, 0.15) is 23.3 Å². The van der Waals surface area contributed by atoms with Crippen molar-refractivity contribution in [1.82, 2.24) is 14.3 Å². The molecule has 32 heavy (non-hydrogen) atoms. The van der Waals surface area contributed by atoms with Gasteiger partial charge in [0.25, 0.3) is 11.5 Å². The number of thioether (sulfide) groups is 1. The molecule has 1 fully saturated rings. The van der Waals surface area contributed by atoms with Crippen LogP contribution >= 0.6 is 24.0 Å². The van der Waals surface area contributed by atoms with Crippen LogP contribution in [0.5, 0.6) is 0 Å². The third kappa shape index (κ3) is 4.62. The van der Waals surface area contributed by atoms with Crippen molar-refractivity contribution in [3.8, 4) is 0 Å². The number of hydrogen-bond acceptors (Lipinski definition) is 8. The third-order valence-corrected chi connectivity index (χ3v) is 6.27. The minimum absolute atomic E-state index is 0.221. The van der Waals surface area contributed by atoms with Crippen LogP contribution < -0.4 is 10.9 Å². The van der Waals surface area contributed by atoms with Crippen LogP contribution in [0.15, 0.2) is 50.8 Å². The highest BCUT2D eigenvalue weighted by Gasteiger charge is 2.32. The van der Waals surface area contributed by atoms with Crippen LogP contribution in [-0.4, -0.2) is 44.8 Å². The molecule has 1 aliphatic heterocycles. The summed E-state index contributed by atoms with van der Waals surface area (Å²) in [5.41, 5.74) is 1.45. The summed E-state index contributed by atoms with van der Waals surface area (Å²) in [6.45, 7) is 3.25. The zero-order valence-corrected chi connectivity index (χ0v) is 19.3. The van der Waals surface area contributed by atoms with Gasteiger partial charge in [0.1, 0.15) is 21.5 Å². The molecule has 166 valence electrons. The minimum atomic E-state index is -0.273. The number of nitrogens with zero attached hydrogens (tertiary/aromatic N) is 3. The third-order valence-electron chi connectivity index (χ3n) is 4.89. The van der Waals surface area contributed by atoms with Gasteiger partial charge in [0.2, 0.25) is 0 Å². The molecule has 1 aliphatic rings. The second kappa shape index (κ2) is 9.68. The maximum Gasteiger partial charge on any atom is 0.267 e. The summed E-state index contributed by atoms with van der Waals surface area (Å²) >= 11 is 6.57. The van der Waals surface area contributed by atoms with Gasteiger partial charge < -0.3 is 14.5 Å². The van der Waals surface area contributed by atoms with E-state index in [2.05, 4.69) is 10.3 Å². The van der Waals surface area contributed by atoms with Gasteiger partial charge in [-0.1, -0.05) is 30.0 Å². The molecule has 0 spiro atoms. The number of ether oxygens (including phenoxy) is 1. The normalized spacial score (nSPS) is 15.3. The molecule has 1 saturated heterocycles. The molecule has 3 aromatic heterocycles. The lowest BCUT2D eigenvalue weighted by molar-refractivity contribution is -0.122. The first kappa shape index (κ1) is 22.3. The van der Waals surface area contributed by atoms with Crippen molar-refractivity contribution in [1.29, 1.82) is 0 Å². The van der Waals surface area contributed by atoms with E-state index in [1.54, 1.807) is 37.8 Å². The molecule has 10 heteroatoms. The number of fused-ring (bicyclic) bond motifs is 1. The number of carbonyl (C=O) groups excluding carboxylic acids is 1. The predicted molar refractivity (Wildman–Crippen MR) is 129 cm³/mol. The topological polar surface area (TPSA) is 89.1 Å². The highest BCUT2D eigenvalue weighted by atomic mass is 32.2. The molecule has 3 aromatic rings. The molecule has 0 aliphatic carbocycles. The fourth-order valence-corrected chi connectivity index (χ4v) is 4.59. The van der Waals surface area contributed by atoms with Crippen LogP contribution in [0.2, 0.25) is 0 Å². The number of hydrogen-bond donors (Lipinski definition) is 1. The maximum absolute atomic E-state index is 13.4. The quantitative estimate of drug-likeness (QED) is 0.304. The van der Waals surface area contributed by atoms with E-state index >= 15 is 0 Å². The number of rotatable bonds is 8. The Morgan fingerprint density at radius 1 is 1.31 bits per heavy atom. The minimum Gasteiger partial charge on any atom is -0.467 e. The molecular weight excluding hydrogens is 448 g/mol. The zero-order valence-electron chi connectivity index (χ0n) is 17.7. The number of aryl methyl sites for hydroxylation is 1. The Balaban J connectivity index is 1.73. The highest BCUT2D eigenvalue weighted by Crippen LogP contribution is 2.33. The lowest BCUT2D eigenvalue weighted by Crippen LogP contribution is -2.29. The molecule has 4 rings (SSSR count). The van der Waals surface area contributed by atoms with Gasteiger partial charge in [-0.25, -0.2) is 4.98 Å². The Bertz CT molecular complexity index is 1250. The maximum atomic E-state index is 13.4. The monoisotopic (exact) mass is 470 g/mol. The molecular formula is C22H22N4O4S2. The van der Waals surface area contributed by atoms with E-state index in [1.165, 1.54) is 21.1 Å². The first-order valence-corrected chi connectivity index (χ1v) is 11.2. The summed E-state index contributed by atoms with van der Waals surface area (Å²) in [4.78, 5) is 32.9. The summed E-state index contributed by atoms with van der Waals surface area (Å²) < 4.78 is 12.4. The van der Waals surface area contributed by atoms with Crippen LogP contribution in [0.4, 0.5) is 5.82 Å². The fourth-order valence-electron chi connectivity index (χ4n) is 3.30. The van der Waals surface area contributed by atoms with Gasteiger partial charge in [0, 0.05) is 26.5 Å². The zero-order chi connectivity index (χ0) is 22.7. The van der Waals surface area contributed by atoms with Crippen LogP contribution in [0, 0.1) is 6.92 Å². The van der Waals surface area contributed by atoms with Gasteiger partial charge in [0.05, 0.1) is 23.3 Å². The van der Waals surface area contributed by atoms with Gasteiger partial charge in [0.15, 0.2) is 0 Å². The van der Waals surface area contributed by atoms with E-state index < -0.39 is 0 Å². The molecule has 0 saturated carbocycles. The Labute approximate surface area is 194 Å². The lowest BCUT2D eigenvalue weighted by atomic mass is 10.2. The molecule has 1 amide bonds. The Kier molecular flexibility index (Phi) is 6.73. The molecule has 0 bridgehead atoms. The average Bonchev–Trinajstić information content (AvgIpc) is 3.38. The summed E-state index contributed by atoms with van der Waals surface area (Å²) in [6, 6.07) is 7.30. The number of carbonyl (C=O) groups is 1. The molecule has 1 N–H and O–H groups in total. The van der Waals surface area contributed by atoms with E-state index in [0.717, 1.165) is 5.56 Å². The van der Waals surface area contributed by atoms with E-state index in [0.29, 0.717) is 52.6 Å². The Morgan fingerprint density at radius 2 is 2.16 bits per heavy atom. The number of aromatic nitrogens is 2. The van der Waals surface area contributed by atoms with Crippen LogP contribution in [-0.2, 0) is 16.1 Å². The van der Waals surface area contributed by atoms with Crippen molar-refractivity contribution in [2.75, 3.05) is 25.6 Å². The summed E-state index contributed by atoms with van der Waals surface area (Å²) in [6.07, 6.45) is 5.56. The number of pyridine rings is 1. The van der Waals surface area contributed by atoms with E-state index in [1.807, 2.05) is 19.1 Å². The SMILES string of the molecule is COCCCN1C(=O)/C(=C\c2c(NCc3ccco3)nc3ccc(C)cn3c2=O)SC1=S. The summed E-state index contributed by atoms with van der Waals surface area (Å²) in [5.74, 6) is 0.855. The number of nitrogens with one attached hydrogen (secondary N) is 1. The van der Waals surface area contributed by atoms with Crippen molar-refractivity contribution in [3.63, 3.8) is 0 Å². The Morgan fingerprint density at radius 3 is 2.91 bits per heavy atom. The fraction of sp³-hybridized carbons (Fsp3) is 0.273. The second-order valence-corrected chi connectivity index (χ2v) is 8.90. The van der Waals surface area contributed by atoms with Gasteiger partial charge in [-0.3, -0.25) is 18.9 Å². The standard InChI is InChI=1S/C22H22N4O4S2/c1-14-6-7-18-24-19(23-12-15-5-3-10-30-15)16(20(27)26(18)13-14)11-17-21(28)25(22(31)32-17)8-4-9-29-2/h3,5-7,10-11,13,23H,4,8-9,12H2,1-2H3/b17-11+. The molecule has 4 heterocycles. The highest BCUT2D eigenvalue weighted by molar-refractivity contribution is 8.26. The molecule has 0 aromatic carbocycles. The summed E-state index contributed by atoms with van der Waals surface area (Å²) in [7, 11) is 1.61. The number of furan rings is 1. The molecule has 0 unspecified atom stereocenters. The Hall–Kier alpha value is -2.95. The van der Waals surface area contributed by atoms with Crippen LogP contribution in [0.3, 0.4) is 0 Å². The molecule has 8 nitrogen and oxygen atoms in total. The van der Waals surface area contributed by atoms with Gasteiger partial charge in [-0.15, -0.1) is 0 Å². The lowest BCUT2D eigenvalue weighted by Gasteiger charge is -2.13. The predicted octanol–water partition coefficient (Wildman–Crippen LogP) is 3.45. The number of amides is 1. The van der Waals surface area contributed by atoms with Crippen molar-refractivity contribution in [2.24, 2.45) is 0 Å². The summed E-state index contributed by atoms with van der Waals surface area (Å²) in [5, 5.41) is 3.17. The van der Waals surface area contributed by atoms with Gasteiger partial charge >= 0.3 is 0 Å². The molecule has 0 atom stereocenters. The van der Waals surface area contributed by atoms with Gasteiger partial charge in [-0.2, -0.15) is 0 Å². The van der Waals surface area contributed by atoms with E-state index in [4.69, 9.17) is 21.4 Å². The molecule has 0 radical (unpaired) electrons. The van der Waals surface area contributed by atoms with Crippen LogP contribution in [0.25, 0.3) is 11.7 Å². The van der Waals surface area contributed by atoms with Crippen molar-refractivity contribution in [3.05, 3.63) is 68.9 Å². The van der Waals surface area contributed by atoms with Gasteiger partial charge in [-0.05, 0) is 43.2 Å². The smallest absolute Gasteiger partial charge is 0.267 e. The van der Waals surface area contributed by atoms with Crippen molar-refractivity contribution < 1.29 is 13.9 Å². The second-order valence-electron chi connectivity index (χ2n) is 7.23. The van der Waals surface area contributed by atoms with Crippen molar-refractivity contribution in [2.45, 2.75) is 19.9 Å². The number of methoxy groups -OCH3 is 1. The van der Waals surface area contributed by atoms with Crippen molar-refractivity contribution >= 4 is 51.7 Å². The van der Waals surface area contributed by atoms with E-state index in [9.17, 15) is 9.59 Å². The van der Waals surface area contributed by atoms with E-state index in [-0.39, 0.29) is 17.0 Å². The largest absolute Gasteiger partial charge is 0.467 e. The number of thiocarbonyl (C=S) groups is 1. The first-order valence-electron chi connectivity index (χ1n) is 10.0.